The molecule has 9 heteroatoms. The molecule has 6 nitrogen and oxygen atoms in total. The van der Waals surface area contributed by atoms with Crippen LogP contribution in [0.15, 0.2) is 53.4 Å². The molecule has 1 aliphatic rings. The second kappa shape index (κ2) is 8.66. The number of halogens is 2. The molecule has 1 saturated heterocycles. The monoisotopic (exact) mass is 410 g/mol. The van der Waals surface area contributed by atoms with E-state index in [9.17, 15) is 22.0 Å². The number of anilines is 1. The molecule has 0 saturated carbocycles. The van der Waals surface area contributed by atoms with Gasteiger partial charge in [-0.2, -0.15) is 0 Å². The van der Waals surface area contributed by atoms with Crippen LogP contribution < -0.4 is 9.62 Å². The van der Waals surface area contributed by atoms with E-state index in [1.807, 2.05) is 0 Å². The molecule has 1 unspecified atom stereocenters. The van der Waals surface area contributed by atoms with Gasteiger partial charge in [0.1, 0.15) is 18.2 Å². The molecule has 0 spiro atoms. The number of carbonyl (C=O) groups is 1. The third kappa shape index (κ3) is 4.85. The van der Waals surface area contributed by atoms with Crippen molar-refractivity contribution in [2.75, 3.05) is 24.0 Å². The standard InChI is InChI=1S/C19H20F2N2O4S/c20-14-3-7-16(8-4-14)23(13-19(24)22-12-17-2-1-11-27-17)28(25,26)18-9-5-15(21)6-10-18/h3-10,17H,1-2,11-13H2,(H,22,24). The highest BCUT2D eigenvalue weighted by Gasteiger charge is 2.28. The van der Waals surface area contributed by atoms with E-state index in [2.05, 4.69) is 5.32 Å². The van der Waals surface area contributed by atoms with E-state index in [1.54, 1.807) is 0 Å². The van der Waals surface area contributed by atoms with Gasteiger partial charge >= 0.3 is 0 Å². The Kier molecular flexibility index (Phi) is 6.25. The minimum atomic E-state index is -4.16. The number of hydrogen-bond donors (Lipinski definition) is 1. The maximum atomic E-state index is 13.3. The molecule has 0 aromatic heterocycles. The lowest BCUT2D eigenvalue weighted by Crippen LogP contribution is -2.42. The summed E-state index contributed by atoms with van der Waals surface area (Å²) in [7, 11) is -4.16. The molecule has 3 rings (SSSR count). The highest BCUT2D eigenvalue weighted by Crippen LogP contribution is 2.24. The van der Waals surface area contributed by atoms with Crippen LogP contribution in [0.3, 0.4) is 0 Å². The number of carbonyl (C=O) groups excluding carboxylic acids is 1. The Hall–Kier alpha value is -2.52. The molecule has 1 atom stereocenters. The average Bonchev–Trinajstić information content (AvgIpc) is 3.19. The first-order chi connectivity index (χ1) is 13.4. The normalized spacial score (nSPS) is 16.7. The fraction of sp³-hybridized carbons (Fsp3) is 0.316. The summed E-state index contributed by atoms with van der Waals surface area (Å²) >= 11 is 0. The lowest BCUT2D eigenvalue weighted by Gasteiger charge is -2.24. The van der Waals surface area contributed by atoms with Crippen molar-refractivity contribution in [3.63, 3.8) is 0 Å². The number of rotatable bonds is 7. The van der Waals surface area contributed by atoms with Crippen molar-refractivity contribution in [1.29, 1.82) is 0 Å². The summed E-state index contributed by atoms with van der Waals surface area (Å²) < 4.78 is 58.8. The Morgan fingerprint density at radius 3 is 2.25 bits per heavy atom. The molecule has 0 bridgehead atoms. The van der Waals surface area contributed by atoms with Crippen molar-refractivity contribution < 1.29 is 26.7 Å². The predicted molar refractivity (Wildman–Crippen MR) is 99.3 cm³/mol. The first-order valence-corrected chi connectivity index (χ1v) is 10.2. The molecule has 0 radical (unpaired) electrons. The van der Waals surface area contributed by atoms with Gasteiger partial charge in [-0.25, -0.2) is 17.2 Å². The van der Waals surface area contributed by atoms with Crippen LogP contribution in [0.4, 0.5) is 14.5 Å². The van der Waals surface area contributed by atoms with E-state index in [4.69, 9.17) is 4.74 Å². The Morgan fingerprint density at radius 1 is 1.07 bits per heavy atom. The summed E-state index contributed by atoms with van der Waals surface area (Å²) in [6.07, 6.45) is 1.66. The van der Waals surface area contributed by atoms with Gasteiger partial charge in [-0.3, -0.25) is 9.10 Å². The number of ether oxygens (including phenoxy) is 1. The summed E-state index contributed by atoms with van der Waals surface area (Å²) in [5, 5.41) is 2.66. The molecule has 28 heavy (non-hydrogen) atoms. The fourth-order valence-corrected chi connectivity index (χ4v) is 4.30. The Morgan fingerprint density at radius 2 is 1.68 bits per heavy atom. The molecule has 1 fully saturated rings. The molecule has 150 valence electrons. The third-order valence-electron chi connectivity index (χ3n) is 4.35. The summed E-state index contributed by atoms with van der Waals surface area (Å²) in [6.45, 7) is 0.423. The van der Waals surface area contributed by atoms with Crippen molar-refractivity contribution in [2.45, 2.75) is 23.8 Å². The van der Waals surface area contributed by atoms with Crippen molar-refractivity contribution in [1.82, 2.24) is 5.32 Å². The molecular formula is C19H20F2N2O4S. The molecule has 1 heterocycles. The van der Waals surface area contributed by atoms with Gasteiger partial charge in [0.2, 0.25) is 5.91 Å². The van der Waals surface area contributed by atoms with E-state index in [0.29, 0.717) is 6.61 Å². The van der Waals surface area contributed by atoms with Crippen LogP contribution in [-0.2, 0) is 19.6 Å². The number of nitrogens with one attached hydrogen (secondary N) is 1. The van der Waals surface area contributed by atoms with Gasteiger partial charge in [0.05, 0.1) is 16.7 Å². The van der Waals surface area contributed by atoms with Crippen LogP contribution >= 0.6 is 0 Å². The van der Waals surface area contributed by atoms with Crippen LogP contribution in [0.2, 0.25) is 0 Å². The second-order valence-corrected chi connectivity index (χ2v) is 8.24. The highest BCUT2D eigenvalue weighted by atomic mass is 32.2. The zero-order valence-corrected chi connectivity index (χ0v) is 15.8. The van der Waals surface area contributed by atoms with Crippen molar-refractivity contribution in [3.05, 3.63) is 60.2 Å². The average molecular weight is 410 g/mol. The number of hydrogen-bond acceptors (Lipinski definition) is 4. The molecule has 2 aromatic rings. The SMILES string of the molecule is O=C(CN(c1ccc(F)cc1)S(=O)(=O)c1ccc(F)cc1)NCC1CCCO1. The van der Waals surface area contributed by atoms with Gasteiger partial charge < -0.3 is 10.1 Å². The van der Waals surface area contributed by atoms with Crippen molar-refractivity contribution in [3.8, 4) is 0 Å². The first-order valence-electron chi connectivity index (χ1n) is 8.78. The first kappa shape index (κ1) is 20.2. The lowest BCUT2D eigenvalue weighted by atomic mass is 10.2. The molecular weight excluding hydrogens is 390 g/mol. The zero-order valence-electron chi connectivity index (χ0n) is 15.0. The zero-order chi connectivity index (χ0) is 20.1. The van der Waals surface area contributed by atoms with Crippen LogP contribution in [0, 0.1) is 11.6 Å². The van der Waals surface area contributed by atoms with E-state index >= 15 is 0 Å². The maximum absolute atomic E-state index is 13.3. The van der Waals surface area contributed by atoms with Crippen LogP contribution in [0.5, 0.6) is 0 Å². The molecule has 1 aliphatic heterocycles. The summed E-state index contributed by atoms with van der Waals surface area (Å²) in [4.78, 5) is 12.2. The van der Waals surface area contributed by atoms with Gasteiger partial charge in [-0.15, -0.1) is 0 Å². The largest absolute Gasteiger partial charge is 0.376 e. The Balaban J connectivity index is 1.83. The van der Waals surface area contributed by atoms with Crippen molar-refractivity contribution >= 4 is 21.6 Å². The number of sulfonamides is 1. The molecule has 0 aliphatic carbocycles. The summed E-state index contributed by atoms with van der Waals surface area (Å²) in [5.74, 6) is -1.64. The van der Waals surface area contributed by atoms with Gasteiger partial charge in [0, 0.05) is 13.2 Å². The third-order valence-corrected chi connectivity index (χ3v) is 6.14. The van der Waals surface area contributed by atoms with Gasteiger partial charge in [-0.1, -0.05) is 0 Å². The number of nitrogens with zero attached hydrogens (tertiary/aromatic N) is 1. The molecule has 1 N–H and O–H groups in total. The lowest BCUT2D eigenvalue weighted by molar-refractivity contribution is -0.120. The minimum absolute atomic E-state index is 0.0862. The highest BCUT2D eigenvalue weighted by molar-refractivity contribution is 7.92. The smallest absolute Gasteiger partial charge is 0.264 e. The van der Waals surface area contributed by atoms with Gasteiger partial charge in [0.25, 0.3) is 10.0 Å². The van der Waals surface area contributed by atoms with Gasteiger partial charge in [0.15, 0.2) is 0 Å². The van der Waals surface area contributed by atoms with Crippen LogP contribution in [0.25, 0.3) is 0 Å². The number of benzene rings is 2. The minimum Gasteiger partial charge on any atom is -0.376 e. The van der Waals surface area contributed by atoms with E-state index in [1.165, 1.54) is 12.1 Å². The Bertz CT molecular complexity index is 912. The topological polar surface area (TPSA) is 75.7 Å². The van der Waals surface area contributed by atoms with Crippen molar-refractivity contribution in [2.24, 2.45) is 0 Å². The molecule has 1 amide bonds. The predicted octanol–water partition coefficient (Wildman–Crippen LogP) is 2.46. The second-order valence-electron chi connectivity index (χ2n) is 6.38. The number of amides is 1. The van der Waals surface area contributed by atoms with E-state index in [-0.39, 0.29) is 23.2 Å². The summed E-state index contributed by atoms with van der Waals surface area (Å²) in [5.41, 5.74) is 0.123. The van der Waals surface area contributed by atoms with Gasteiger partial charge in [-0.05, 0) is 61.4 Å². The van der Waals surface area contributed by atoms with Crippen LogP contribution in [-0.4, -0.2) is 40.1 Å². The van der Waals surface area contributed by atoms with Crippen LogP contribution in [0.1, 0.15) is 12.8 Å². The maximum Gasteiger partial charge on any atom is 0.264 e. The summed E-state index contributed by atoms with van der Waals surface area (Å²) in [6, 6.07) is 9.02. The van der Waals surface area contributed by atoms with E-state index < -0.39 is 34.1 Å². The quantitative estimate of drug-likeness (QED) is 0.761. The Labute approximate surface area is 162 Å². The molecule has 2 aromatic carbocycles. The fourth-order valence-electron chi connectivity index (χ4n) is 2.88. The van der Waals surface area contributed by atoms with E-state index in [0.717, 1.165) is 53.5 Å².